The fraction of sp³-hybridized carbons (Fsp3) is 0.353. The maximum absolute atomic E-state index is 12.2. The number of aliphatic carboxylic acids is 1. The third-order valence-electron chi connectivity index (χ3n) is 4.24. The van der Waals surface area contributed by atoms with E-state index in [0.29, 0.717) is 16.2 Å². The van der Waals surface area contributed by atoms with Crippen molar-refractivity contribution in [2.75, 3.05) is 31.6 Å². The molecular formula is C17H19N3O5. The first kappa shape index (κ1) is 16.8. The van der Waals surface area contributed by atoms with Gasteiger partial charge in [0, 0.05) is 30.4 Å². The fourth-order valence-electron chi connectivity index (χ4n) is 3.00. The van der Waals surface area contributed by atoms with Gasteiger partial charge in [0.05, 0.1) is 7.11 Å². The first-order valence-corrected chi connectivity index (χ1v) is 7.99. The zero-order valence-corrected chi connectivity index (χ0v) is 13.8. The second-order valence-electron chi connectivity index (χ2n) is 5.89. The number of hydrogen-bond acceptors (Lipinski definition) is 5. The van der Waals surface area contributed by atoms with Gasteiger partial charge < -0.3 is 20.1 Å². The summed E-state index contributed by atoms with van der Waals surface area (Å²) < 4.78 is 5.41. The maximum Gasteiger partial charge on any atom is 0.329 e. The average molecular weight is 345 g/mol. The molecule has 3 amide bonds. The molecule has 0 aliphatic carbocycles. The van der Waals surface area contributed by atoms with Crippen LogP contribution in [0.15, 0.2) is 23.9 Å². The maximum atomic E-state index is 12.2. The SMILES string of the molecule is COc1cc(N2CCCC2)ccc1/C=C1/NC(=O)N(CC(=O)O)C1=O. The van der Waals surface area contributed by atoms with Crippen molar-refractivity contribution in [2.45, 2.75) is 12.8 Å². The van der Waals surface area contributed by atoms with Crippen molar-refractivity contribution >= 4 is 29.7 Å². The highest BCUT2D eigenvalue weighted by atomic mass is 16.5. The van der Waals surface area contributed by atoms with Crippen molar-refractivity contribution < 1.29 is 24.2 Å². The van der Waals surface area contributed by atoms with Gasteiger partial charge in [-0.3, -0.25) is 9.59 Å². The van der Waals surface area contributed by atoms with Gasteiger partial charge in [0.25, 0.3) is 5.91 Å². The van der Waals surface area contributed by atoms with Gasteiger partial charge >= 0.3 is 12.0 Å². The second-order valence-corrected chi connectivity index (χ2v) is 5.89. The number of anilines is 1. The lowest BCUT2D eigenvalue weighted by molar-refractivity contribution is -0.140. The molecule has 0 bridgehead atoms. The van der Waals surface area contributed by atoms with Crippen LogP contribution < -0.4 is 15.0 Å². The monoisotopic (exact) mass is 345 g/mol. The van der Waals surface area contributed by atoms with Crippen LogP contribution in [0.2, 0.25) is 0 Å². The molecule has 25 heavy (non-hydrogen) atoms. The van der Waals surface area contributed by atoms with Crippen LogP contribution in [0.4, 0.5) is 10.5 Å². The van der Waals surface area contributed by atoms with Crippen LogP contribution in [0.3, 0.4) is 0 Å². The van der Waals surface area contributed by atoms with E-state index in [0.717, 1.165) is 31.6 Å². The Kier molecular flexibility index (Phi) is 4.60. The number of methoxy groups -OCH3 is 1. The summed E-state index contributed by atoms with van der Waals surface area (Å²) in [4.78, 5) is 37.6. The molecule has 0 aromatic heterocycles. The average Bonchev–Trinajstić information content (AvgIpc) is 3.20. The van der Waals surface area contributed by atoms with Crippen LogP contribution in [0, 0.1) is 0 Å². The summed E-state index contributed by atoms with van der Waals surface area (Å²) in [5.74, 6) is -1.34. The van der Waals surface area contributed by atoms with E-state index >= 15 is 0 Å². The Labute approximate surface area is 144 Å². The van der Waals surface area contributed by atoms with E-state index in [2.05, 4.69) is 10.2 Å². The number of carboxylic acid groups (broad SMARTS) is 1. The number of rotatable bonds is 5. The molecule has 3 rings (SSSR count). The molecule has 2 N–H and O–H groups in total. The van der Waals surface area contributed by atoms with Gasteiger partial charge in [-0.2, -0.15) is 0 Å². The van der Waals surface area contributed by atoms with Crippen molar-refractivity contribution in [2.24, 2.45) is 0 Å². The standard InChI is InChI=1S/C17H19N3O5/c1-25-14-9-12(19-6-2-3-7-19)5-4-11(14)8-13-16(23)20(10-15(21)22)17(24)18-13/h4-5,8-9H,2-3,6-7,10H2,1H3,(H,18,24)(H,21,22)/b13-8+. The largest absolute Gasteiger partial charge is 0.496 e. The van der Waals surface area contributed by atoms with Crippen LogP contribution in [0.1, 0.15) is 18.4 Å². The van der Waals surface area contributed by atoms with Crippen molar-refractivity contribution in [3.05, 3.63) is 29.5 Å². The van der Waals surface area contributed by atoms with E-state index < -0.39 is 24.5 Å². The van der Waals surface area contributed by atoms with Gasteiger partial charge in [0.15, 0.2) is 0 Å². The predicted molar refractivity (Wildman–Crippen MR) is 90.3 cm³/mol. The van der Waals surface area contributed by atoms with Gasteiger partial charge in [-0.15, -0.1) is 0 Å². The molecule has 132 valence electrons. The van der Waals surface area contributed by atoms with E-state index in [1.165, 1.54) is 13.2 Å². The lowest BCUT2D eigenvalue weighted by Gasteiger charge is -2.19. The van der Waals surface area contributed by atoms with Crippen molar-refractivity contribution in [3.63, 3.8) is 0 Å². The minimum Gasteiger partial charge on any atom is -0.496 e. The number of nitrogens with one attached hydrogen (secondary N) is 1. The number of benzene rings is 1. The summed E-state index contributed by atoms with van der Waals surface area (Å²) in [6, 6.07) is 4.91. The minimum absolute atomic E-state index is 0.0264. The first-order chi connectivity index (χ1) is 12.0. The number of nitrogens with zero attached hydrogens (tertiary/aromatic N) is 2. The number of carbonyl (C=O) groups excluding carboxylic acids is 2. The molecule has 1 aromatic rings. The third kappa shape index (κ3) is 3.42. The highest BCUT2D eigenvalue weighted by Crippen LogP contribution is 2.29. The van der Waals surface area contributed by atoms with Gasteiger partial charge in [-0.1, -0.05) is 0 Å². The predicted octanol–water partition coefficient (Wildman–Crippen LogP) is 1.27. The van der Waals surface area contributed by atoms with E-state index in [-0.39, 0.29) is 5.70 Å². The highest BCUT2D eigenvalue weighted by molar-refractivity contribution is 6.15. The molecule has 8 heteroatoms. The van der Waals surface area contributed by atoms with Gasteiger partial charge in [0.2, 0.25) is 0 Å². The van der Waals surface area contributed by atoms with Crippen molar-refractivity contribution in [1.82, 2.24) is 10.2 Å². The second kappa shape index (κ2) is 6.84. The number of hydrogen-bond donors (Lipinski definition) is 2. The summed E-state index contributed by atoms with van der Waals surface area (Å²) in [6.07, 6.45) is 3.82. The van der Waals surface area contributed by atoms with Gasteiger partial charge in [-0.05, 0) is 31.1 Å². The molecule has 0 atom stereocenters. The van der Waals surface area contributed by atoms with E-state index in [1.54, 1.807) is 0 Å². The zero-order valence-electron chi connectivity index (χ0n) is 13.8. The summed E-state index contributed by atoms with van der Waals surface area (Å²) >= 11 is 0. The molecule has 2 aliphatic heterocycles. The van der Waals surface area contributed by atoms with Crippen LogP contribution in [0.5, 0.6) is 5.75 Å². The van der Waals surface area contributed by atoms with Crippen LogP contribution >= 0.6 is 0 Å². The highest BCUT2D eigenvalue weighted by Gasteiger charge is 2.35. The van der Waals surface area contributed by atoms with Gasteiger partial charge in [-0.25, -0.2) is 9.69 Å². The molecule has 2 fully saturated rings. The molecule has 1 aromatic carbocycles. The zero-order chi connectivity index (χ0) is 18.0. The van der Waals surface area contributed by atoms with Crippen LogP contribution in [0.25, 0.3) is 6.08 Å². The molecule has 0 radical (unpaired) electrons. The van der Waals surface area contributed by atoms with Crippen molar-refractivity contribution in [1.29, 1.82) is 0 Å². The molecule has 2 heterocycles. The number of amides is 3. The Morgan fingerprint density at radius 2 is 2.04 bits per heavy atom. The summed E-state index contributed by atoms with van der Waals surface area (Å²) in [5.41, 5.74) is 1.70. The Balaban J connectivity index is 1.86. The third-order valence-corrected chi connectivity index (χ3v) is 4.24. The smallest absolute Gasteiger partial charge is 0.329 e. The number of imide groups is 1. The fourth-order valence-corrected chi connectivity index (χ4v) is 3.00. The summed E-state index contributed by atoms with van der Waals surface area (Å²) in [6.45, 7) is 1.33. The molecule has 2 aliphatic rings. The lowest BCUT2D eigenvalue weighted by atomic mass is 10.1. The Bertz CT molecular complexity index is 753. The van der Waals surface area contributed by atoms with E-state index in [4.69, 9.17) is 9.84 Å². The Hall–Kier alpha value is -3.03. The van der Waals surface area contributed by atoms with E-state index in [1.807, 2.05) is 18.2 Å². The van der Waals surface area contributed by atoms with Gasteiger partial charge in [0.1, 0.15) is 18.0 Å². The molecule has 2 saturated heterocycles. The molecular weight excluding hydrogens is 326 g/mol. The molecule has 8 nitrogen and oxygen atoms in total. The Morgan fingerprint density at radius 1 is 1.32 bits per heavy atom. The topological polar surface area (TPSA) is 99.2 Å². The minimum atomic E-state index is -1.25. The number of urea groups is 1. The first-order valence-electron chi connectivity index (χ1n) is 7.99. The molecule has 0 saturated carbocycles. The number of carboxylic acids is 1. The molecule has 0 spiro atoms. The van der Waals surface area contributed by atoms with Crippen LogP contribution in [-0.2, 0) is 9.59 Å². The normalized spacial score (nSPS) is 18.8. The molecule has 0 unspecified atom stereocenters. The van der Waals surface area contributed by atoms with Crippen molar-refractivity contribution in [3.8, 4) is 5.75 Å². The quantitative estimate of drug-likeness (QED) is 0.616. The number of ether oxygens (including phenoxy) is 1. The van der Waals surface area contributed by atoms with E-state index in [9.17, 15) is 14.4 Å². The number of carbonyl (C=O) groups is 3. The van der Waals surface area contributed by atoms with Crippen LogP contribution in [-0.4, -0.2) is 54.7 Å². The Morgan fingerprint density at radius 3 is 2.68 bits per heavy atom. The lowest BCUT2D eigenvalue weighted by Crippen LogP contribution is -2.35. The summed E-state index contributed by atoms with van der Waals surface area (Å²) in [7, 11) is 1.54. The summed E-state index contributed by atoms with van der Waals surface area (Å²) in [5, 5.41) is 11.2.